The fraction of sp³-hybridized carbons (Fsp3) is 0.278. The van der Waals surface area contributed by atoms with Gasteiger partial charge in [0.15, 0.2) is 0 Å². The van der Waals surface area contributed by atoms with E-state index in [2.05, 4.69) is 5.32 Å². The van der Waals surface area contributed by atoms with Gasteiger partial charge in [-0.1, -0.05) is 38.1 Å². The van der Waals surface area contributed by atoms with Crippen LogP contribution < -0.4 is 11.1 Å². The number of carbonyl (C=O) groups is 1. The van der Waals surface area contributed by atoms with E-state index in [1.54, 1.807) is 30.3 Å². The van der Waals surface area contributed by atoms with Crippen molar-refractivity contribution in [1.82, 2.24) is 5.32 Å². The van der Waals surface area contributed by atoms with Crippen molar-refractivity contribution in [1.29, 1.82) is 0 Å². The topological polar surface area (TPSA) is 75.3 Å². The van der Waals surface area contributed by atoms with E-state index in [-0.39, 0.29) is 28.0 Å². The van der Waals surface area contributed by atoms with Crippen molar-refractivity contribution in [2.75, 3.05) is 12.3 Å². The van der Waals surface area contributed by atoms with Crippen LogP contribution in [0.15, 0.2) is 48.5 Å². The molecule has 2 rings (SSSR count). The van der Waals surface area contributed by atoms with Gasteiger partial charge < -0.3 is 16.2 Å². The molecule has 122 valence electrons. The first-order valence-electron chi connectivity index (χ1n) is 7.37. The lowest BCUT2D eigenvalue weighted by atomic mass is 9.85. The first-order valence-corrected chi connectivity index (χ1v) is 7.80. The number of hydrogen-bond donors (Lipinski definition) is 3. The number of benzene rings is 2. The van der Waals surface area contributed by atoms with Crippen LogP contribution in [0.5, 0.6) is 5.75 Å². The third kappa shape index (κ3) is 4.17. The highest BCUT2D eigenvalue weighted by molar-refractivity contribution is 6.21. The SMILES string of the molecule is CC(C)(CNC(=O)c1ccccc1O)C(Cl)c1ccc(N)cc1. The number of phenolic OH excluding ortho intramolecular Hbond substituents is 1. The summed E-state index contributed by atoms with van der Waals surface area (Å²) in [5, 5.41) is 12.3. The van der Waals surface area contributed by atoms with Crippen LogP contribution in [0, 0.1) is 5.41 Å². The standard InChI is InChI=1S/C18H21ClN2O2/c1-18(2,16(19)12-7-9-13(20)10-8-12)11-21-17(23)14-5-3-4-6-15(14)22/h3-10,16,22H,11,20H2,1-2H3,(H,21,23). The van der Waals surface area contributed by atoms with Gasteiger partial charge in [0.2, 0.25) is 0 Å². The number of nitrogen functional groups attached to an aromatic ring is 1. The Bertz CT molecular complexity index is 684. The van der Waals surface area contributed by atoms with Crippen LogP contribution in [0.3, 0.4) is 0 Å². The summed E-state index contributed by atoms with van der Waals surface area (Å²) in [7, 11) is 0. The molecule has 5 heteroatoms. The Morgan fingerprint density at radius 2 is 1.83 bits per heavy atom. The maximum atomic E-state index is 12.2. The molecule has 0 saturated carbocycles. The summed E-state index contributed by atoms with van der Waals surface area (Å²) in [6.45, 7) is 4.33. The summed E-state index contributed by atoms with van der Waals surface area (Å²) in [5.41, 5.74) is 7.19. The fourth-order valence-corrected chi connectivity index (χ4v) is 2.50. The van der Waals surface area contributed by atoms with Crippen LogP contribution in [0.4, 0.5) is 5.69 Å². The molecule has 1 unspecified atom stereocenters. The number of halogens is 1. The molecule has 0 aliphatic heterocycles. The lowest BCUT2D eigenvalue weighted by Crippen LogP contribution is -2.36. The molecule has 0 fully saturated rings. The molecular formula is C18H21ClN2O2. The van der Waals surface area contributed by atoms with Crippen molar-refractivity contribution < 1.29 is 9.90 Å². The third-order valence-electron chi connectivity index (χ3n) is 3.77. The predicted molar refractivity (Wildman–Crippen MR) is 93.7 cm³/mol. The Morgan fingerprint density at radius 3 is 2.43 bits per heavy atom. The van der Waals surface area contributed by atoms with Gasteiger partial charge in [0.1, 0.15) is 5.75 Å². The molecule has 1 atom stereocenters. The zero-order valence-electron chi connectivity index (χ0n) is 13.2. The zero-order valence-corrected chi connectivity index (χ0v) is 14.0. The number of nitrogens with one attached hydrogen (secondary N) is 1. The van der Waals surface area contributed by atoms with Crippen LogP contribution in [-0.4, -0.2) is 17.6 Å². The molecule has 23 heavy (non-hydrogen) atoms. The normalized spacial score (nSPS) is 12.7. The summed E-state index contributed by atoms with van der Waals surface area (Å²) < 4.78 is 0. The molecule has 4 N–H and O–H groups in total. The van der Waals surface area contributed by atoms with Gasteiger partial charge in [-0.2, -0.15) is 0 Å². The number of aromatic hydroxyl groups is 1. The average Bonchev–Trinajstić information content (AvgIpc) is 2.53. The van der Waals surface area contributed by atoms with E-state index in [1.807, 2.05) is 26.0 Å². The van der Waals surface area contributed by atoms with Gasteiger partial charge in [0, 0.05) is 17.6 Å². The highest BCUT2D eigenvalue weighted by Gasteiger charge is 2.30. The molecule has 0 spiro atoms. The van der Waals surface area contributed by atoms with E-state index in [9.17, 15) is 9.90 Å². The minimum absolute atomic E-state index is 0.0382. The molecule has 0 heterocycles. The molecule has 0 saturated heterocycles. The summed E-state index contributed by atoms with van der Waals surface area (Å²) in [5.74, 6) is -0.360. The number of rotatable bonds is 5. The first kappa shape index (κ1) is 17.2. The Hall–Kier alpha value is -2.20. The number of anilines is 1. The summed E-state index contributed by atoms with van der Waals surface area (Å²) in [4.78, 5) is 12.2. The van der Waals surface area contributed by atoms with Gasteiger partial charge in [-0.3, -0.25) is 4.79 Å². The summed E-state index contributed by atoms with van der Waals surface area (Å²) >= 11 is 6.57. The van der Waals surface area contributed by atoms with E-state index in [0.717, 1.165) is 5.56 Å². The van der Waals surface area contributed by atoms with Crippen molar-refractivity contribution in [3.05, 3.63) is 59.7 Å². The van der Waals surface area contributed by atoms with E-state index < -0.39 is 0 Å². The molecule has 0 aliphatic carbocycles. The number of nitrogens with two attached hydrogens (primary N) is 1. The van der Waals surface area contributed by atoms with Gasteiger partial charge in [0.05, 0.1) is 10.9 Å². The molecule has 0 bridgehead atoms. The van der Waals surface area contributed by atoms with Crippen molar-refractivity contribution in [3.63, 3.8) is 0 Å². The molecule has 0 radical (unpaired) electrons. The second-order valence-corrected chi connectivity index (χ2v) is 6.65. The Balaban J connectivity index is 2.04. The van der Waals surface area contributed by atoms with E-state index >= 15 is 0 Å². The molecule has 2 aromatic carbocycles. The second kappa shape index (κ2) is 6.92. The fourth-order valence-electron chi connectivity index (χ4n) is 2.27. The van der Waals surface area contributed by atoms with E-state index in [4.69, 9.17) is 17.3 Å². The van der Waals surface area contributed by atoms with Gasteiger partial charge in [-0.05, 0) is 29.8 Å². The molecule has 0 aliphatic rings. The minimum atomic E-state index is -0.377. The number of carbonyl (C=O) groups excluding carboxylic acids is 1. The largest absolute Gasteiger partial charge is 0.507 e. The average molecular weight is 333 g/mol. The molecule has 1 amide bonds. The number of alkyl halides is 1. The minimum Gasteiger partial charge on any atom is -0.507 e. The molecular weight excluding hydrogens is 312 g/mol. The highest BCUT2D eigenvalue weighted by atomic mass is 35.5. The van der Waals surface area contributed by atoms with Crippen LogP contribution in [0.25, 0.3) is 0 Å². The quantitative estimate of drug-likeness (QED) is 0.577. The summed E-state index contributed by atoms with van der Waals surface area (Å²) in [6, 6.07) is 13.8. The Kier molecular flexibility index (Phi) is 5.16. The number of phenols is 1. The van der Waals surface area contributed by atoms with Crippen molar-refractivity contribution in [2.45, 2.75) is 19.2 Å². The Morgan fingerprint density at radius 1 is 1.22 bits per heavy atom. The van der Waals surface area contributed by atoms with E-state index in [0.29, 0.717) is 12.2 Å². The molecule has 2 aromatic rings. The zero-order chi connectivity index (χ0) is 17.0. The Labute approximate surface area is 141 Å². The van der Waals surface area contributed by atoms with Crippen LogP contribution in [-0.2, 0) is 0 Å². The van der Waals surface area contributed by atoms with Gasteiger partial charge in [0.25, 0.3) is 5.91 Å². The van der Waals surface area contributed by atoms with Crippen LogP contribution in [0.2, 0.25) is 0 Å². The van der Waals surface area contributed by atoms with Crippen LogP contribution >= 0.6 is 11.6 Å². The molecule has 0 aromatic heterocycles. The van der Waals surface area contributed by atoms with E-state index in [1.165, 1.54) is 6.07 Å². The number of para-hydroxylation sites is 1. The van der Waals surface area contributed by atoms with Gasteiger partial charge in [-0.25, -0.2) is 0 Å². The maximum Gasteiger partial charge on any atom is 0.255 e. The lowest BCUT2D eigenvalue weighted by molar-refractivity contribution is 0.0933. The van der Waals surface area contributed by atoms with Crippen LogP contribution in [0.1, 0.15) is 35.1 Å². The highest BCUT2D eigenvalue weighted by Crippen LogP contribution is 2.38. The first-order chi connectivity index (χ1) is 10.8. The van der Waals surface area contributed by atoms with Crippen molar-refractivity contribution >= 4 is 23.2 Å². The predicted octanol–water partition coefficient (Wildman–Crippen LogP) is 3.71. The monoisotopic (exact) mass is 332 g/mol. The third-order valence-corrected chi connectivity index (χ3v) is 4.61. The number of hydrogen-bond acceptors (Lipinski definition) is 3. The maximum absolute atomic E-state index is 12.2. The van der Waals surface area contributed by atoms with Gasteiger partial charge >= 0.3 is 0 Å². The smallest absolute Gasteiger partial charge is 0.255 e. The second-order valence-electron chi connectivity index (χ2n) is 6.22. The van der Waals surface area contributed by atoms with Crippen molar-refractivity contribution in [3.8, 4) is 5.75 Å². The summed E-state index contributed by atoms with van der Waals surface area (Å²) in [6.07, 6.45) is 0. The molecule has 4 nitrogen and oxygen atoms in total. The van der Waals surface area contributed by atoms with Gasteiger partial charge in [-0.15, -0.1) is 11.6 Å². The lowest BCUT2D eigenvalue weighted by Gasteiger charge is -2.30. The van der Waals surface area contributed by atoms with Crippen molar-refractivity contribution in [2.24, 2.45) is 5.41 Å². The number of amides is 1.